The average molecular weight is 585 g/mol. The van der Waals surface area contributed by atoms with Crippen LogP contribution in [0.5, 0.6) is 0 Å². The Morgan fingerprint density at radius 3 is 2.17 bits per heavy atom. The number of carbonyl (C=O) groups is 5. The molecule has 1 saturated heterocycles. The fraction of sp³-hybridized carbons (Fsp3) is 0.833. The van der Waals surface area contributed by atoms with Crippen LogP contribution in [0.1, 0.15) is 99.8 Å². The second-order valence-electron chi connectivity index (χ2n) is 11.4. The Bertz CT molecular complexity index is 805. The molecule has 1 N–H and O–H groups in total. The van der Waals surface area contributed by atoms with Gasteiger partial charge in [-0.1, -0.05) is 61.3 Å². The first kappa shape index (κ1) is 37.9. The maximum absolute atomic E-state index is 12.8. The highest BCUT2D eigenvalue weighted by Crippen LogP contribution is 2.27. The van der Waals surface area contributed by atoms with E-state index in [1.807, 2.05) is 20.8 Å². The lowest BCUT2D eigenvalue weighted by molar-refractivity contribution is -0.141. The van der Waals surface area contributed by atoms with Crippen molar-refractivity contribution < 1.29 is 24.0 Å². The summed E-state index contributed by atoms with van der Waals surface area (Å²) in [5.74, 6) is 0.511. The molecule has 1 heterocycles. The number of hydrogen-bond donors (Lipinski definition) is 1. The predicted molar refractivity (Wildman–Crippen MR) is 164 cm³/mol. The molecule has 2 atom stereocenters. The zero-order valence-corrected chi connectivity index (χ0v) is 27.4. The Morgan fingerprint density at radius 2 is 1.62 bits per heavy atom. The van der Waals surface area contributed by atoms with Crippen LogP contribution >= 0.6 is 11.8 Å². The van der Waals surface area contributed by atoms with Gasteiger partial charge in [-0.05, 0) is 43.3 Å². The van der Waals surface area contributed by atoms with Crippen LogP contribution in [0.4, 0.5) is 0 Å². The van der Waals surface area contributed by atoms with E-state index >= 15 is 0 Å². The molecular weight excluding hydrogens is 528 g/mol. The Labute approximate surface area is 247 Å². The summed E-state index contributed by atoms with van der Waals surface area (Å²) in [4.78, 5) is 67.0. The number of thioether (sulfide) groups is 1. The number of imide groups is 1. The molecule has 1 aliphatic rings. The van der Waals surface area contributed by atoms with Gasteiger partial charge in [0, 0.05) is 40.0 Å². The molecule has 10 heteroatoms. The predicted octanol–water partition coefficient (Wildman–Crippen LogP) is 4.34. The van der Waals surface area contributed by atoms with E-state index in [2.05, 4.69) is 33.0 Å². The molecule has 1 aliphatic heterocycles. The molecule has 0 saturated carbocycles. The Hall–Kier alpha value is -2.10. The fourth-order valence-corrected chi connectivity index (χ4v) is 5.73. The number of likely N-dealkylation sites (N-methyl/N-ethyl adjacent to an activating group) is 2. The first-order valence-corrected chi connectivity index (χ1v) is 16.1. The van der Waals surface area contributed by atoms with Crippen molar-refractivity contribution >= 4 is 41.3 Å². The van der Waals surface area contributed by atoms with Gasteiger partial charge >= 0.3 is 0 Å². The van der Waals surface area contributed by atoms with Crippen LogP contribution in [-0.2, 0) is 24.0 Å². The smallest absolute Gasteiger partial charge is 0.243 e. The monoisotopic (exact) mass is 584 g/mol. The lowest BCUT2D eigenvalue weighted by atomic mass is 10.0. The largest absolute Gasteiger partial charge is 0.345 e. The summed E-state index contributed by atoms with van der Waals surface area (Å²) in [6.45, 7) is 15.2. The van der Waals surface area contributed by atoms with Gasteiger partial charge < -0.3 is 15.1 Å². The molecule has 0 bridgehead atoms. The third-order valence-corrected chi connectivity index (χ3v) is 7.84. The zero-order chi connectivity index (χ0) is 30.8. The third-order valence-electron chi connectivity index (χ3n) is 6.60. The van der Waals surface area contributed by atoms with Crippen LogP contribution < -0.4 is 5.32 Å². The highest BCUT2D eigenvalue weighted by molar-refractivity contribution is 8.00. The highest BCUT2D eigenvalue weighted by atomic mass is 32.2. The van der Waals surface area contributed by atoms with E-state index in [9.17, 15) is 24.0 Å². The Balaban J connectivity index is 0.00000483. The van der Waals surface area contributed by atoms with Crippen LogP contribution in [0.3, 0.4) is 0 Å². The fourth-order valence-electron chi connectivity index (χ4n) is 4.31. The number of rotatable bonds is 17. The quantitative estimate of drug-likeness (QED) is 0.201. The van der Waals surface area contributed by atoms with Crippen molar-refractivity contribution in [3.8, 4) is 0 Å². The minimum Gasteiger partial charge on any atom is -0.345 e. The molecule has 1 fully saturated rings. The SMILES string of the molecule is CCC.CCCN(C)C(=O)CNC(=O)C(C(C)C)N(C)C(=O)CCCCCN1C(=O)CC(SCCC(C)C)C1=O. The molecule has 5 amide bonds. The second-order valence-corrected chi connectivity index (χ2v) is 12.7. The first-order chi connectivity index (χ1) is 18.8. The molecular formula is C30H56N4O5S. The third kappa shape index (κ3) is 14.0. The van der Waals surface area contributed by atoms with Crippen LogP contribution in [0, 0.1) is 11.8 Å². The van der Waals surface area contributed by atoms with Gasteiger partial charge in [0.1, 0.15) is 6.04 Å². The van der Waals surface area contributed by atoms with Crippen LogP contribution in [0.2, 0.25) is 0 Å². The summed E-state index contributed by atoms with van der Waals surface area (Å²) in [6, 6.07) is -0.665. The second kappa shape index (κ2) is 20.7. The van der Waals surface area contributed by atoms with Gasteiger partial charge in [-0.25, -0.2) is 0 Å². The summed E-state index contributed by atoms with van der Waals surface area (Å²) >= 11 is 1.58. The van der Waals surface area contributed by atoms with Gasteiger partial charge in [-0.15, -0.1) is 11.8 Å². The summed E-state index contributed by atoms with van der Waals surface area (Å²) in [6.07, 6.45) is 5.64. The van der Waals surface area contributed by atoms with Crippen molar-refractivity contribution in [2.24, 2.45) is 11.8 Å². The van der Waals surface area contributed by atoms with Crippen LogP contribution in [0.25, 0.3) is 0 Å². The van der Waals surface area contributed by atoms with Gasteiger partial charge in [0.15, 0.2) is 0 Å². The zero-order valence-electron chi connectivity index (χ0n) is 26.6. The first-order valence-electron chi connectivity index (χ1n) is 15.0. The number of nitrogens with zero attached hydrogens (tertiary/aromatic N) is 3. The Kier molecular flexibility index (Phi) is 19.6. The van der Waals surface area contributed by atoms with E-state index in [0.29, 0.717) is 38.3 Å². The average Bonchev–Trinajstić information content (AvgIpc) is 3.14. The summed E-state index contributed by atoms with van der Waals surface area (Å²) in [7, 11) is 3.32. The molecule has 0 radical (unpaired) electrons. The number of unbranched alkanes of at least 4 members (excludes halogenated alkanes) is 2. The number of nitrogens with one attached hydrogen (secondary N) is 1. The molecule has 0 spiro atoms. The van der Waals surface area contributed by atoms with Crippen molar-refractivity contribution in [2.45, 2.75) is 111 Å². The van der Waals surface area contributed by atoms with E-state index in [1.165, 1.54) is 16.2 Å². The molecule has 0 aromatic heterocycles. The summed E-state index contributed by atoms with van der Waals surface area (Å²) < 4.78 is 0. The number of likely N-dealkylation sites (tertiary alicyclic amines) is 1. The number of amides is 5. The van der Waals surface area contributed by atoms with Gasteiger partial charge in [-0.3, -0.25) is 28.9 Å². The lowest BCUT2D eigenvalue weighted by Gasteiger charge is -2.30. The van der Waals surface area contributed by atoms with Crippen molar-refractivity contribution in [1.29, 1.82) is 0 Å². The van der Waals surface area contributed by atoms with Gasteiger partial charge in [0.2, 0.25) is 29.5 Å². The molecule has 0 aliphatic carbocycles. The van der Waals surface area contributed by atoms with Crippen molar-refractivity contribution in [3.05, 3.63) is 0 Å². The molecule has 0 aromatic rings. The molecule has 40 heavy (non-hydrogen) atoms. The molecule has 2 unspecified atom stereocenters. The lowest BCUT2D eigenvalue weighted by Crippen LogP contribution is -2.52. The minimum absolute atomic E-state index is 0.0836. The molecule has 9 nitrogen and oxygen atoms in total. The maximum Gasteiger partial charge on any atom is 0.243 e. The normalized spacial score (nSPS) is 15.7. The maximum atomic E-state index is 12.8. The van der Waals surface area contributed by atoms with E-state index in [-0.39, 0.29) is 60.1 Å². The molecule has 232 valence electrons. The topological polar surface area (TPSA) is 107 Å². The van der Waals surface area contributed by atoms with E-state index in [4.69, 9.17) is 0 Å². The van der Waals surface area contributed by atoms with Crippen molar-refractivity contribution in [1.82, 2.24) is 20.0 Å². The van der Waals surface area contributed by atoms with Crippen LogP contribution in [-0.4, -0.2) is 95.0 Å². The standard InChI is InChI=1S/C27H48N4O5S.C3H8/c1-8-14-29(6)24(34)18-28-26(35)25(20(4)5)30(7)22(32)12-10-9-11-15-31-23(33)17-21(27(31)36)37-16-13-19(2)3;1-3-2/h19-21,25H,8-18H2,1-7H3,(H,28,35);3H2,1-2H3. The van der Waals surface area contributed by atoms with E-state index in [1.54, 1.807) is 30.8 Å². The number of carbonyl (C=O) groups excluding carboxylic acids is 5. The van der Waals surface area contributed by atoms with E-state index in [0.717, 1.165) is 18.6 Å². The van der Waals surface area contributed by atoms with Gasteiger partial charge in [0.25, 0.3) is 0 Å². The van der Waals surface area contributed by atoms with Crippen molar-refractivity contribution in [2.75, 3.05) is 39.5 Å². The highest BCUT2D eigenvalue weighted by Gasteiger charge is 2.38. The summed E-state index contributed by atoms with van der Waals surface area (Å²) in [5.41, 5.74) is 0. The minimum atomic E-state index is -0.665. The summed E-state index contributed by atoms with van der Waals surface area (Å²) in [5, 5.41) is 2.42. The number of hydrogen-bond acceptors (Lipinski definition) is 6. The van der Waals surface area contributed by atoms with Gasteiger partial charge in [0.05, 0.1) is 11.8 Å². The van der Waals surface area contributed by atoms with Crippen molar-refractivity contribution in [3.63, 3.8) is 0 Å². The molecule has 1 rings (SSSR count). The Morgan fingerprint density at radius 1 is 1.00 bits per heavy atom. The van der Waals surface area contributed by atoms with Crippen LogP contribution in [0.15, 0.2) is 0 Å². The van der Waals surface area contributed by atoms with E-state index < -0.39 is 6.04 Å². The van der Waals surface area contributed by atoms with Gasteiger partial charge in [-0.2, -0.15) is 0 Å². The molecule has 0 aromatic carbocycles.